The Hall–Kier alpha value is -2.96. The van der Waals surface area contributed by atoms with Gasteiger partial charge in [-0.15, -0.1) is 0 Å². The van der Waals surface area contributed by atoms with E-state index >= 15 is 0 Å². The molecule has 1 atom stereocenters. The van der Waals surface area contributed by atoms with Gasteiger partial charge in [-0.3, -0.25) is 24.4 Å². The van der Waals surface area contributed by atoms with Crippen molar-refractivity contribution in [3.05, 3.63) is 41.6 Å². The van der Waals surface area contributed by atoms with Crippen LogP contribution >= 0.6 is 0 Å². The zero-order valence-corrected chi connectivity index (χ0v) is 13.9. The molecule has 1 aromatic heterocycles. The minimum absolute atomic E-state index is 0.157. The van der Waals surface area contributed by atoms with Crippen LogP contribution in [-0.2, 0) is 22.7 Å². The number of aryl methyl sites for hydroxylation is 1. The third-order valence-corrected chi connectivity index (χ3v) is 4.78. The second-order valence-electron chi connectivity index (χ2n) is 6.33. The molecule has 2 aromatic rings. The molecule has 2 aliphatic heterocycles. The Morgan fingerprint density at radius 1 is 1.24 bits per heavy atom. The first-order valence-electron chi connectivity index (χ1n) is 8.38. The first kappa shape index (κ1) is 15.6. The van der Waals surface area contributed by atoms with Crippen molar-refractivity contribution in [3.63, 3.8) is 0 Å². The van der Waals surface area contributed by atoms with Crippen molar-refractivity contribution in [2.24, 2.45) is 0 Å². The topological polar surface area (TPSA) is 84.3 Å². The van der Waals surface area contributed by atoms with Crippen LogP contribution in [0.1, 0.15) is 35.7 Å². The van der Waals surface area contributed by atoms with Crippen LogP contribution in [0, 0.1) is 0 Å². The van der Waals surface area contributed by atoms with E-state index in [2.05, 4.69) is 10.4 Å². The predicted octanol–water partition coefficient (Wildman–Crippen LogP) is 1.33. The van der Waals surface area contributed by atoms with Gasteiger partial charge in [-0.1, -0.05) is 6.07 Å². The van der Waals surface area contributed by atoms with E-state index in [1.54, 1.807) is 11.0 Å². The van der Waals surface area contributed by atoms with E-state index in [4.69, 9.17) is 0 Å². The number of piperidine rings is 1. The van der Waals surface area contributed by atoms with Gasteiger partial charge in [-0.2, -0.15) is 5.10 Å². The van der Waals surface area contributed by atoms with Crippen LogP contribution in [0.3, 0.4) is 0 Å². The third kappa shape index (κ3) is 2.61. The number of fused-ring (bicyclic) bond motifs is 1. The molecule has 0 saturated carbocycles. The predicted molar refractivity (Wildman–Crippen MR) is 89.4 cm³/mol. The van der Waals surface area contributed by atoms with E-state index in [0.29, 0.717) is 18.5 Å². The van der Waals surface area contributed by atoms with Crippen molar-refractivity contribution >= 4 is 17.7 Å². The van der Waals surface area contributed by atoms with E-state index in [1.807, 2.05) is 36.0 Å². The highest BCUT2D eigenvalue weighted by Crippen LogP contribution is 2.30. The number of rotatable bonds is 3. The van der Waals surface area contributed by atoms with Gasteiger partial charge in [0.25, 0.3) is 5.91 Å². The van der Waals surface area contributed by atoms with Crippen molar-refractivity contribution in [3.8, 4) is 11.3 Å². The van der Waals surface area contributed by atoms with Gasteiger partial charge in [0.05, 0.1) is 5.69 Å². The zero-order chi connectivity index (χ0) is 17.6. The van der Waals surface area contributed by atoms with Gasteiger partial charge in [-0.05, 0) is 37.1 Å². The smallest absolute Gasteiger partial charge is 0.255 e. The van der Waals surface area contributed by atoms with E-state index < -0.39 is 6.04 Å². The summed E-state index contributed by atoms with van der Waals surface area (Å²) in [6.07, 6.45) is 2.55. The van der Waals surface area contributed by atoms with Gasteiger partial charge < -0.3 is 4.90 Å². The first-order chi connectivity index (χ1) is 12.1. The number of amides is 3. The lowest BCUT2D eigenvalue weighted by Gasteiger charge is -2.29. The van der Waals surface area contributed by atoms with Gasteiger partial charge >= 0.3 is 0 Å². The molecule has 1 aromatic carbocycles. The van der Waals surface area contributed by atoms with Crippen molar-refractivity contribution in [2.45, 2.75) is 38.9 Å². The van der Waals surface area contributed by atoms with E-state index in [9.17, 15) is 14.4 Å². The number of carbonyl (C=O) groups is 3. The quantitative estimate of drug-likeness (QED) is 0.856. The molecule has 25 heavy (non-hydrogen) atoms. The molecule has 1 fully saturated rings. The normalized spacial score (nSPS) is 20.0. The summed E-state index contributed by atoms with van der Waals surface area (Å²) in [6, 6.07) is 7.00. The minimum atomic E-state index is -0.583. The summed E-state index contributed by atoms with van der Waals surface area (Å²) < 4.78 is 1.85. The van der Waals surface area contributed by atoms with Crippen molar-refractivity contribution in [2.75, 3.05) is 0 Å². The van der Waals surface area contributed by atoms with Crippen LogP contribution in [0.5, 0.6) is 0 Å². The SMILES string of the molecule is CCn1ccc(-c2ccc3c(c2)CN(C2CCC(=O)NC2=O)C3=O)n1. The lowest BCUT2D eigenvalue weighted by atomic mass is 10.0. The van der Waals surface area contributed by atoms with Gasteiger partial charge in [0.1, 0.15) is 6.04 Å². The fourth-order valence-electron chi connectivity index (χ4n) is 3.43. The van der Waals surface area contributed by atoms with Crippen LogP contribution in [0.2, 0.25) is 0 Å². The average molecular weight is 338 g/mol. The highest BCUT2D eigenvalue weighted by Gasteiger charge is 2.39. The fraction of sp³-hybridized carbons (Fsp3) is 0.333. The van der Waals surface area contributed by atoms with Crippen molar-refractivity contribution in [1.29, 1.82) is 0 Å². The third-order valence-electron chi connectivity index (χ3n) is 4.78. The molecule has 4 rings (SSSR count). The van der Waals surface area contributed by atoms with Crippen LogP contribution in [0.25, 0.3) is 11.3 Å². The number of aromatic nitrogens is 2. The second-order valence-corrected chi connectivity index (χ2v) is 6.33. The number of imide groups is 1. The minimum Gasteiger partial charge on any atom is -0.322 e. The molecule has 3 amide bonds. The molecule has 7 nitrogen and oxygen atoms in total. The Labute approximate surface area is 144 Å². The van der Waals surface area contributed by atoms with Gasteiger partial charge in [0.2, 0.25) is 11.8 Å². The zero-order valence-electron chi connectivity index (χ0n) is 13.9. The molecule has 1 N–H and O–H groups in total. The molecule has 0 bridgehead atoms. The summed E-state index contributed by atoms with van der Waals surface area (Å²) in [5, 5.41) is 6.80. The molecule has 2 aliphatic rings. The lowest BCUT2D eigenvalue weighted by molar-refractivity contribution is -0.136. The van der Waals surface area contributed by atoms with Gasteiger partial charge in [0.15, 0.2) is 0 Å². The number of hydrogen-bond acceptors (Lipinski definition) is 4. The Bertz CT molecular complexity index is 886. The molecule has 1 unspecified atom stereocenters. The summed E-state index contributed by atoms with van der Waals surface area (Å²) in [4.78, 5) is 37.6. The van der Waals surface area contributed by atoms with E-state index in [-0.39, 0.29) is 24.1 Å². The Morgan fingerprint density at radius 2 is 2.08 bits per heavy atom. The average Bonchev–Trinajstić information content (AvgIpc) is 3.20. The van der Waals surface area contributed by atoms with Crippen LogP contribution < -0.4 is 5.32 Å². The van der Waals surface area contributed by atoms with Crippen LogP contribution in [-0.4, -0.2) is 38.4 Å². The first-order valence-corrected chi connectivity index (χ1v) is 8.38. The molecule has 0 spiro atoms. The molecule has 0 radical (unpaired) electrons. The van der Waals surface area contributed by atoms with Crippen LogP contribution in [0.15, 0.2) is 30.5 Å². The summed E-state index contributed by atoms with van der Waals surface area (Å²) >= 11 is 0. The number of benzene rings is 1. The highest BCUT2D eigenvalue weighted by atomic mass is 16.2. The molecule has 3 heterocycles. The van der Waals surface area contributed by atoms with E-state index in [0.717, 1.165) is 23.4 Å². The molecule has 7 heteroatoms. The fourth-order valence-corrected chi connectivity index (χ4v) is 3.43. The molecular formula is C18H18N4O3. The maximum absolute atomic E-state index is 12.7. The molecule has 0 aliphatic carbocycles. The number of nitrogens with zero attached hydrogens (tertiary/aromatic N) is 3. The number of hydrogen-bond donors (Lipinski definition) is 1. The van der Waals surface area contributed by atoms with Crippen molar-refractivity contribution in [1.82, 2.24) is 20.0 Å². The number of nitrogens with one attached hydrogen (secondary N) is 1. The maximum Gasteiger partial charge on any atom is 0.255 e. The molecular weight excluding hydrogens is 320 g/mol. The largest absolute Gasteiger partial charge is 0.322 e. The Balaban J connectivity index is 1.61. The van der Waals surface area contributed by atoms with E-state index in [1.165, 1.54) is 0 Å². The molecule has 1 saturated heterocycles. The number of carbonyl (C=O) groups excluding carboxylic acids is 3. The molecule has 128 valence electrons. The van der Waals surface area contributed by atoms with Crippen LogP contribution in [0.4, 0.5) is 0 Å². The Kier molecular flexibility index (Phi) is 3.63. The van der Waals surface area contributed by atoms with Gasteiger partial charge in [0, 0.05) is 36.8 Å². The highest BCUT2D eigenvalue weighted by molar-refractivity contribution is 6.05. The van der Waals surface area contributed by atoms with Crippen molar-refractivity contribution < 1.29 is 14.4 Å². The Morgan fingerprint density at radius 3 is 2.80 bits per heavy atom. The monoisotopic (exact) mass is 338 g/mol. The summed E-state index contributed by atoms with van der Waals surface area (Å²) in [6.45, 7) is 3.20. The second kappa shape index (κ2) is 5.84. The summed E-state index contributed by atoms with van der Waals surface area (Å²) in [5.41, 5.74) is 3.31. The standard InChI is InChI=1S/C18H18N4O3/c1-2-21-8-7-14(20-21)11-3-4-13-12(9-11)10-22(18(13)25)15-5-6-16(23)19-17(15)24/h3-4,7-9,15H,2,5-6,10H2,1H3,(H,19,23,24). The summed E-state index contributed by atoms with van der Waals surface area (Å²) in [5.74, 6) is -0.825. The van der Waals surface area contributed by atoms with Gasteiger partial charge in [-0.25, -0.2) is 0 Å². The lowest BCUT2D eigenvalue weighted by Crippen LogP contribution is -2.52. The maximum atomic E-state index is 12.7. The summed E-state index contributed by atoms with van der Waals surface area (Å²) in [7, 11) is 0.